The average Bonchev–Trinajstić information content (AvgIpc) is 2.43. The molecule has 0 aliphatic carbocycles. The molecule has 0 spiro atoms. The monoisotopic (exact) mass is 333 g/mol. The van der Waals surface area contributed by atoms with Crippen molar-refractivity contribution in [2.45, 2.75) is 13.8 Å². The number of carbonyl (C=O) groups is 1. The Morgan fingerprint density at radius 2 is 2.00 bits per heavy atom. The van der Waals surface area contributed by atoms with Crippen LogP contribution >= 0.6 is 15.9 Å². The Morgan fingerprint density at radius 3 is 2.65 bits per heavy atom. The summed E-state index contributed by atoms with van der Waals surface area (Å²) in [5.74, 6) is 0.515. The molecule has 20 heavy (non-hydrogen) atoms. The highest BCUT2D eigenvalue weighted by Gasteiger charge is 2.15. The van der Waals surface area contributed by atoms with E-state index in [0.717, 1.165) is 10.0 Å². The number of anilines is 1. The summed E-state index contributed by atoms with van der Waals surface area (Å²) in [4.78, 5) is 12.6. The molecule has 0 aromatic heterocycles. The Bertz CT molecular complexity index is 653. The minimum absolute atomic E-state index is 0.0867. The maximum Gasteiger partial charge on any atom is 0.196 e. The van der Waals surface area contributed by atoms with E-state index in [1.165, 1.54) is 0 Å². The van der Waals surface area contributed by atoms with Crippen LogP contribution in [0.1, 0.15) is 28.4 Å². The smallest absolute Gasteiger partial charge is 0.196 e. The molecule has 2 N–H and O–H groups in total. The number of hydrogen-bond acceptors (Lipinski definition) is 3. The fraction of sp³-hybridized carbons (Fsp3) is 0.188. The summed E-state index contributed by atoms with van der Waals surface area (Å²) in [6.45, 7) is 4.36. The van der Waals surface area contributed by atoms with Gasteiger partial charge in [0.25, 0.3) is 0 Å². The van der Waals surface area contributed by atoms with Crippen molar-refractivity contribution in [1.82, 2.24) is 0 Å². The summed E-state index contributed by atoms with van der Waals surface area (Å²) in [6, 6.07) is 10.8. The highest BCUT2D eigenvalue weighted by molar-refractivity contribution is 9.10. The zero-order chi connectivity index (χ0) is 14.7. The van der Waals surface area contributed by atoms with Gasteiger partial charge in [0.05, 0.1) is 12.2 Å². The molecule has 0 radical (unpaired) electrons. The Kier molecular flexibility index (Phi) is 4.45. The van der Waals surface area contributed by atoms with E-state index < -0.39 is 0 Å². The minimum Gasteiger partial charge on any atom is -0.493 e. The molecule has 3 nitrogen and oxygen atoms in total. The van der Waals surface area contributed by atoms with Crippen LogP contribution in [-0.4, -0.2) is 12.4 Å². The highest BCUT2D eigenvalue weighted by Crippen LogP contribution is 2.26. The number of ether oxygens (including phenoxy) is 1. The fourth-order valence-corrected chi connectivity index (χ4v) is 2.19. The second-order valence-electron chi connectivity index (χ2n) is 4.50. The van der Waals surface area contributed by atoms with Crippen molar-refractivity contribution in [2.24, 2.45) is 0 Å². The van der Waals surface area contributed by atoms with Crippen LogP contribution in [0.5, 0.6) is 5.75 Å². The van der Waals surface area contributed by atoms with Crippen LogP contribution in [-0.2, 0) is 0 Å². The average molecular weight is 334 g/mol. The second-order valence-corrected chi connectivity index (χ2v) is 5.35. The van der Waals surface area contributed by atoms with Crippen molar-refractivity contribution < 1.29 is 9.53 Å². The van der Waals surface area contributed by atoms with Gasteiger partial charge in [0.15, 0.2) is 5.78 Å². The van der Waals surface area contributed by atoms with E-state index in [2.05, 4.69) is 15.9 Å². The summed E-state index contributed by atoms with van der Waals surface area (Å²) < 4.78 is 6.31. The van der Waals surface area contributed by atoms with Crippen LogP contribution in [0.15, 0.2) is 40.9 Å². The summed E-state index contributed by atoms with van der Waals surface area (Å²) in [6.07, 6.45) is 0. The molecule has 0 unspecified atom stereocenters. The van der Waals surface area contributed by atoms with Crippen LogP contribution in [0.4, 0.5) is 5.69 Å². The number of aryl methyl sites for hydroxylation is 1. The van der Waals surface area contributed by atoms with Gasteiger partial charge in [-0.2, -0.15) is 0 Å². The van der Waals surface area contributed by atoms with Crippen LogP contribution in [0.3, 0.4) is 0 Å². The van der Waals surface area contributed by atoms with Gasteiger partial charge in [-0.15, -0.1) is 0 Å². The van der Waals surface area contributed by atoms with E-state index in [4.69, 9.17) is 10.5 Å². The standard InChI is InChI=1S/C16H16BrNO2/c1-3-20-15-7-4-10(2)8-12(15)16(19)11-5-6-13(17)14(18)9-11/h4-9H,3,18H2,1-2H3. The normalized spacial score (nSPS) is 10.3. The van der Waals surface area contributed by atoms with Gasteiger partial charge in [0.2, 0.25) is 0 Å². The van der Waals surface area contributed by atoms with Gasteiger partial charge >= 0.3 is 0 Å². The molecular formula is C16H16BrNO2. The Morgan fingerprint density at radius 1 is 1.25 bits per heavy atom. The maximum atomic E-state index is 12.6. The molecule has 0 saturated carbocycles. The molecule has 104 valence electrons. The van der Waals surface area contributed by atoms with Gasteiger partial charge < -0.3 is 10.5 Å². The van der Waals surface area contributed by atoms with Gasteiger partial charge in [-0.25, -0.2) is 0 Å². The van der Waals surface area contributed by atoms with E-state index in [-0.39, 0.29) is 5.78 Å². The second kappa shape index (κ2) is 6.09. The zero-order valence-electron chi connectivity index (χ0n) is 11.4. The first kappa shape index (κ1) is 14.6. The summed E-state index contributed by atoms with van der Waals surface area (Å²) >= 11 is 3.32. The van der Waals surface area contributed by atoms with E-state index in [9.17, 15) is 4.79 Å². The van der Waals surface area contributed by atoms with Gasteiger partial charge in [0, 0.05) is 15.7 Å². The van der Waals surface area contributed by atoms with Crippen molar-refractivity contribution in [2.75, 3.05) is 12.3 Å². The lowest BCUT2D eigenvalue weighted by atomic mass is 10.0. The SMILES string of the molecule is CCOc1ccc(C)cc1C(=O)c1ccc(Br)c(N)c1. The molecule has 0 aliphatic rings. The van der Waals surface area contributed by atoms with E-state index >= 15 is 0 Å². The molecule has 2 aromatic carbocycles. The van der Waals surface area contributed by atoms with Crippen LogP contribution < -0.4 is 10.5 Å². The molecule has 0 bridgehead atoms. The van der Waals surface area contributed by atoms with Gasteiger partial charge in [-0.05, 0) is 60.1 Å². The van der Waals surface area contributed by atoms with Crippen molar-refractivity contribution in [3.8, 4) is 5.75 Å². The topological polar surface area (TPSA) is 52.3 Å². The lowest BCUT2D eigenvalue weighted by molar-refractivity contribution is 0.103. The predicted octanol–water partition coefficient (Wildman–Crippen LogP) is 3.97. The summed E-state index contributed by atoms with van der Waals surface area (Å²) in [5.41, 5.74) is 8.51. The van der Waals surface area contributed by atoms with Crippen LogP contribution in [0.2, 0.25) is 0 Å². The predicted molar refractivity (Wildman–Crippen MR) is 84.3 cm³/mol. The largest absolute Gasteiger partial charge is 0.493 e. The number of nitrogen functional groups attached to an aromatic ring is 1. The maximum absolute atomic E-state index is 12.6. The Hall–Kier alpha value is -1.81. The van der Waals surface area contributed by atoms with Gasteiger partial charge in [-0.1, -0.05) is 11.6 Å². The zero-order valence-corrected chi connectivity index (χ0v) is 13.0. The number of ketones is 1. The third-order valence-electron chi connectivity index (χ3n) is 2.94. The van der Waals surface area contributed by atoms with Crippen LogP contribution in [0, 0.1) is 6.92 Å². The van der Waals surface area contributed by atoms with Crippen molar-refractivity contribution in [3.05, 3.63) is 57.6 Å². The molecule has 2 rings (SSSR count). The number of halogens is 1. The van der Waals surface area contributed by atoms with E-state index in [1.54, 1.807) is 18.2 Å². The van der Waals surface area contributed by atoms with Crippen molar-refractivity contribution in [3.63, 3.8) is 0 Å². The molecule has 0 atom stereocenters. The minimum atomic E-state index is -0.0867. The number of nitrogens with two attached hydrogens (primary N) is 1. The summed E-state index contributed by atoms with van der Waals surface area (Å²) in [7, 11) is 0. The highest BCUT2D eigenvalue weighted by atomic mass is 79.9. The number of hydrogen-bond donors (Lipinski definition) is 1. The Labute approximate surface area is 126 Å². The first-order chi connectivity index (χ1) is 9.52. The quantitative estimate of drug-likeness (QED) is 0.680. The first-order valence-corrected chi connectivity index (χ1v) is 7.15. The first-order valence-electron chi connectivity index (χ1n) is 6.36. The van der Waals surface area contributed by atoms with Crippen LogP contribution in [0.25, 0.3) is 0 Å². The van der Waals surface area contributed by atoms with Crippen molar-refractivity contribution >= 4 is 27.4 Å². The van der Waals surface area contributed by atoms with E-state index in [1.807, 2.05) is 32.0 Å². The number of benzene rings is 2. The molecule has 0 saturated heterocycles. The molecule has 0 heterocycles. The van der Waals surface area contributed by atoms with Gasteiger partial charge in [-0.3, -0.25) is 4.79 Å². The molecule has 0 fully saturated rings. The lowest BCUT2D eigenvalue weighted by Crippen LogP contribution is -2.06. The molecule has 0 amide bonds. The molecule has 4 heteroatoms. The summed E-state index contributed by atoms with van der Waals surface area (Å²) in [5, 5.41) is 0. The number of carbonyl (C=O) groups excluding carboxylic acids is 1. The molecular weight excluding hydrogens is 318 g/mol. The third kappa shape index (κ3) is 3.02. The van der Waals surface area contributed by atoms with Crippen molar-refractivity contribution in [1.29, 1.82) is 0 Å². The van der Waals surface area contributed by atoms with Gasteiger partial charge in [0.1, 0.15) is 5.75 Å². The molecule has 2 aromatic rings. The number of rotatable bonds is 4. The van der Waals surface area contributed by atoms with E-state index in [0.29, 0.717) is 29.2 Å². The fourth-order valence-electron chi connectivity index (χ4n) is 1.94. The third-order valence-corrected chi connectivity index (χ3v) is 3.66. The Balaban J connectivity index is 2.46. The lowest BCUT2D eigenvalue weighted by Gasteiger charge is -2.11. The molecule has 0 aliphatic heterocycles.